The molecule has 0 aromatic carbocycles. The average molecular weight is 302 g/mol. The van der Waals surface area contributed by atoms with E-state index in [0.717, 1.165) is 6.42 Å². The summed E-state index contributed by atoms with van der Waals surface area (Å²) in [6, 6.07) is -0.904. The molecule has 124 valence electrons. The number of nitrogens with two attached hydrogens (primary N) is 1. The van der Waals surface area contributed by atoms with Gasteiger partial charge in [-0.05, 0) is 39.5 Å². The Labute approximate surface area is 127 Å². The first-order valence-corrected chi connectivity index (χ1v) is 7.46. The molecule has 6 nitrogen and oxygen atoms in total. The van der Waals surface area contributed by atoms with E-state index in [4.69, 9.17) is 15.2 Å². The van der Waals surface area contributed by atoms with Crippen molar-refractivity contribution in [3.8, 4) is 0 Å². The van der Waals surface area contributed by atoms with Gasteiger partial charge in [-0.1, -0.05) is 20.8 Å². The zero-order chi connectivity index (χ0) is 16.6. The molecule has 2 atom stereocenters. The van der Waals surface area contributed by atoms with E-state index in [1.165, 1.54) is 0 Å². The Hall–Kier alpha value is -1.30. The van der Waals surface area contributed by atoms with Gasteiger partial charge in [-0.15, -0.1) is 0 Å². The van der Waals surface area contributed by atoms with E-state index >= 15 is 0 Å². The Morgan fingerprint density at radius 2 is 1.81 bits per heavy atom. The van der Waals surface area contributed by atoms with Crippen LogP contribution in [0.15, 0.2) is 0 Å². The molecule has 0 unspecified atom stereocenters. The highest BCUT2D eigenvalue weighted by Crippen LogP contribution is 2.10. The summed E-state index contributed by atoms with van der Waals surface area (Å²) in [6.07, 6.45) is 0.589. The Kier molecular flexibility index (Phi) is 8.32. The lowest BCUT2D eigenvalue weighted by Gasteiger charge is -2.24. The Morgan fingerprint density at radius 1 is 1.24 bits per heavy atom. The van der Waals surface area contributed by atoms with Gasteiger partial charge in [0.1, 0.15) is 18.2 Å². The number of rotatable bonds is 7. The summed E-state index contributed by atoms with van der Waals surface area (Å²) in [5, 5.41) is 2.57. The molecule has 0 heterocycles. The van der Waals surface area contributed by atoms with Crippen LogP contribution in [-0.4, -0.2) is 36.4 Å². The van der Waals surface area contributed by atoms with Crippen molar-refractivity contribution in [3.63, 3.8) is 0 Å². The minimum absolute atomic E-state index is 0.153. The van der Waals surface area contributed by atoms with Crippen LogP contribution in [0, 0.1) is 5.92 Å². The van der Waals surface area contributed by atoms with Gasteiger partial charge in [0.05, 0.1) is 0 Å². The predicted molar refractivity (Wildman–Crippen MR) is 81.8 cm³/mol. The number of hydrogen-bond acceptors (Lipinski definition) is 5. The van der Waals surface area contributed by atoms with Gasteiger partial charge in [-0.3, -0.25) is 0 Å². The third kappa shape index (κ3) is 10.1. The van der Waals surface area contributed by atoms with Gasteiger partial charge in [0.2, 0.25) is 0 Å². The fraction of sp³-hybridized carbons (Fsp3) is 0.867. The monoisotopic (exact) mass is 302 g/mol. The van der Waals surface area contributed by atoms with Crippen LogP contribution in [0.3, 0.4) is 0 Å². The predicted octanol–water partition coefficient (Wildman–Crippen LogP) is 2.21. The summed E-state index contributed by atoms with van der Waals surface area (Å²) in [6.45, 7) is 11.3. The highest BCUT2D eigenvalue weighted by Gasteiger charge is 2.26. The molecule has 0 radical (unpaired) electrons. The first-order chi connectivity index (χ1) is 9.55. The van der Waals surface area contributed by atoms with Gasteiger partial charge < -0.3 is 20.5 Å². The standard InChI is InChI=1S/C15H30N2O4/c1-7-11(16)9-20-13(18)12(8-10(2)3)17-14(19)21-15(4,5)6/h10-12H,7-9,16H2,1-6H3,(H,17,19)/t11-,12+/m1/s1. The quantitative estimate of drug-likeness (QED) is 0.704. The third-order valence-electron chi connectivity index (χ3n) is 2.65. The molecular formula is C15H30N2O4. The van der Waals surface area contributed by atoms with Gasteiger partial charge in [0.25, 0.3) is 0 Å². The molecule has 3 N–H and O–H groups in total. The van der Waals surface area contributed by atoms with E-state index in [2.05, 4.69) is 5.32 Å². The molecule has 6 heteroatoms. The maximum atomic E-state index is 12.1. The summed E-state index contributed by atoms with van der Waals surface area (Å²) >= 11 is 0. The zero-order valence-corrected chi connectivity index (χ0v) is 14.1. The van der Waals surface area contributed by atoms with Crippen molar-refractivity contribution in [1.29, 1.82) is 0 Å². The van der Waals surface area contributed by atoms with Crippen LogP contribution >= 0.6 is 0 Å². The second-order valence-corrected chi connectivity index (χ2v) is 6.63. The summed E-state index contributed by atoms with van der Waals surface area (Å²) < 4.78 is 10.3. The van der Waals surface area contributed by atoms with Crippen molar-refractivity contribution >= 4 is 12.1 Å². The summed E-state index contributed by atoms with van der Waals surface area (Å²) in [5.74, 6) is -0.240. The molecule has 0 aliphatic carbocycles. The number of carbonyl (C=O) groups excluding carboxylic acids is 2. The van der Waals surface area contributed by atoms with E-state index in [-0.39, 0.29) is 18.6 Å². The molecule has 21 heavy (non-hydrogen) atoms. The molecule has 0 aromatic heterocycles. The van der Waals surface area contributed by atoms with Crippen LogP contribution in [0.25, 0.3) is 0 Å². The molecular weight excluding hydrogens is 272 g/mol. The largest absolute Gasteiger partial charge is 0.463 e. The molecule has 0 rings (SSSR count). The zero-order valence-electron chi connectivity index (χ0n) is 14.1. The molecule has 0 saturated heterocycles. The lowest BCUT2D eigenvalue weighted by molar-refractivity contribution is -0.147. The van der Waals surface area contributed by atoms with Gasteiger partial charge in [0.15, 0.2) is 0 Å². The van der Waals surface area contributed by atoms with Crippen LogP contribution in [0.1, 0.15) is 54.4 Å². The summed E-state index contributed by atoms with van der Waals surface area (Å²) in [7, 11) is 0. The lowest BCUT2D eigenvalue weighted by atomic mass is 10.0. The third-order valence-corrected chi connectivity index (χ3v) is 2.65. The van der Waals surface area contributed by atoms with Crippen molar-refractivity contribution in [2.75, 3.05) is 6.61 Å². The molecule has 0 spiro atoms. The molecule has 1 amide bonds. The Morgan fingerprint density at radius 3 is 2.24 bits per heavy atom. The van der Waals surface area contributed by atoms with Crippen molar-refractivity contribution in [2.45, 2.75) is 72.1 Å². The van der Waals surface area contributed by atoms with Crippen LogP contribution in [-0.2, 0) is 14.3 Å². The SMILES string of the molecule is CC[C@@H](N)COC(=O)[C@H](CC(C)C)NC(=O)OC(C)(C)C. The van der Waals surface area contributed by atoms with Crippen molar-refractivity contribution < 1.29 is 19.1 Å². The van der Waals surface area contributed by atoms with Gasteiger partial charge >= 0.3 is 12.1 Å². The van der Waals surface area contributed by atoms with Crippen LogP contribution in [0.2, 0.25) is 0 Å². The first-order valence-electron chi connectivity index (χ1n) is 7.46. The number of ether oxygens (including phenoxy) is 2. The first kappa shape index (κ1) is 19.7. The molecule has 0 aromatic rings. The number of carbonyl (C=O) groups is 2. The smallest absolute Gasteiger partial charge is 0.408 e. The maximum Gasteiger partial charge on any atom is 0.408 e. The fourth-order valence-corrected chi connectivity index (χ4v) is 1.54. The number of esters is 1. The van der Waals surface area contributed by atoms with E-state index < -0.39 is 23.7 Å². The van der Waals surface area contributed by atoms with Gasteiger partial charge in [-0.2, -0.15) is 0 Å². The van der Waals surface area contributed by atoms with Crippen LogP contribution in [0.5, 0.6) is 0 Å². The molecule has 0 bridgehead atoms. The highest BCUT2D eigenvalue weighted by molar-refractivity contribution is 5.81. The van der Waals surface area contributed by atoms with Crippen molar-refractivity contribution in [2.24, 2.45) is 11.7 Å². The normalized spacial score (nSPS) is 14.5. The number of amides is 1. The summed E-state index contributed by atoms with van der Waals surface area (Å²) in [4.78, 5) is 23.8. The van der Waals surface area contributed by atoms with Crippen LogP contribution < -0.4 is 11.1 Å². The number of alkyl carbamates (subject to hydrolysis) is 1. The Balaban J connectivity index is 4.57. The molecule has 0 fully saturated rings. The second-order valence-electron chi connectivity index (χ2n) is 6.63. The lowest BCUT2D eigenvalue weighted by Crippen LogP contribution is -2.45. The van der Waals surface area contributed by atoms with Gasteiger partial charge in [0, 0.05) is 6.04 Å². The topological polar surface area (TPSA) is 90.6 Å². The highest BCUT2D eigenvalue weighted by atomic mass is 16.6. The molecule has 0 aliphatic rings. The minimum Gasteiger partial charge on any atom is -0.463 e. The minimum atomic E-state index is -0.719. The number of nitrogens with one attached hydrogen (secondary N) is 1. The average Bonchev–Trinajstić information content (AvgIpc) is 2.31. The van der Waals surface area contributed by atoms with E-state index in [1.807, 2.05) is 20.8 Å². The van der Waals surface area contributed by atoms with E-state index in [0.29, 0.717) is 6.42 Å². The van der Waals surface area contributed by atoms with Crippen molar-refractivity contribution in [3.05, 3.63) is 0 Å². The fourth-order valence-electron chi connectivity index (χ4n) is 1.54. The molecule has 0 aliphatic heterocycles. The second kappa shape index (κ2) is 8.87. The molecule has 0 saturated carbocycles. The van der Waals surface area contributed by atoms with Gasteiger partial charge in [-0.25, -0.2) is 9.59 Å². The van der Waals surface area contributed by atoms with Crippen molar-refractivity contribution in [1.82, 2.24) is 5.32 Å². The maximum absolute atomic E-state index is 12.1. The van der Waals surface area contributed by atoms with Crippen LogP contribution in [0.4, 0.5) is 4.79 Å². The Bertz CT molecular complexity index is 337. The van der Waals surface area contributed by atoms with E-state index in [1.54, 1.807) is 20.8 Å². The summed E-state index contributed by atoms with van der Waals surface area (Å²) in [5.41, 5.74) is 5.11. The number of hydrogen-bond donors (Lipinski definition) is 2. The van der Waals surface area contributed by atoms with E-state index in [9.17, 15) is 9.59 Å².